The zero-order valence-corrected chi connectivity index (χ0v) is 10.1. The van der Waals surface area contributed by atoms with Gasteiger partial charge in [-0.2, -0.15) is 0 Å². The first-order valence-corrected chi connectivity index (χ1v) is 4.98. The maximum absolute atomic E-state index is 11.5. The number of carbonyl (C=O) groups excluding carboxylic acids is 2. The number of carbonyl (C=O) groups is 2. The number of rotatable bonds is 2. The van der Waals surface area contributed by atoms with Crippen LogP contribution in [0, 0.1) is 10.8 Å². The molecule has 0 radical (unpaired) electrons. The minimum Gasteiger partial charge on any atom is -0.448 e. The van der Waals surface area contributed by atoms with Crippen LogP contribution in [0.3, 0.4) is 0 Å². The van der Waals surface area contributed by atoms with Crippen molar-refractivity contribution in [1.82, 2.24) is 10.0 Å². The summed E-state index contributed by atoms with van der Waals surface area (Å²) in [4.78, 5) is 23.0. The van der Waals surface area contributed by atoms with E-state index in [0.717, 1.165) is 0 Å². The number of hydrogen-bond acceptors (Lipinski definition) is 6. The summed E-state index contributed by atoms with van der Waals surface area (Å²) in [6.07, 6.45) is -2.23. The number of nitrogens with two attached hydrogens (primary N) is 2. The number of nitrogens with one attached hydrogen (secondary N) is 2. The van der Waals surface area contributed by atoms with Crippen LogP contribution in [0.2, 0.25) is 0 Å². The maximum atomic E-state index is 11.5. The molecule has 0 bridgehead atoms. The van der Waals surface area contributed by atoms with Crippen LogP contribution in [0.25, 0.3) is 0 Å². The number of guanidine groups is 2. The van der Waals surface area contributed by atoms with Gasteiger partial charge in [0.15, 0.2) is 0 Å². The lowest BCUT2D eigenvalue weighted by atomic mass is 10.7. The van der Waals surface area contributed by atoms with Gasteiger partial charge in [0.1, 0.15) is 0 Å². The number of ether oxygens (including phenoxy) is 2. The number of nitrogens with zero attached hydrogens (tertiary/aromatic N) is 2. The van der Waals surface area contributed by atoms with E-state index in [4.69, 9.17) is 22.3 Å². The van der Waals surface area contributed by atoms with Gasteiger partial charge in [0.25, 0.3) is 0 Å². The molecule has 0 fully saturated rings. The third kappa shape index (κ3) is 3.81. The van der Waals surface area contributed by atoms with Crippen LogP contribution in [0.4, 0.5) is 9.59 Å². The summed E-state index contributed by atoms with van der Waals surface area (Å²) in [5.74, 6) is -1.67. The van der Waals surface area contributed by atoms with E-state index in [1.807, 2.05) is 0 Å². The summed E-state index contributed by atoms with van der Waals surface area (Å²) < 4.78 is 9.18. The molecule has 0 saturated heterocycles. The minimum absolute atomic E-state index is 0.00279. The van der Waals surface area contributed by atoms with Crippen molar-refractivity contribution in [1.29, 1.82) is 10.8 Å². The van der Waals surface area contributed by atoms with Crippen molar-refractivity contribution in [3.8, 4) is 0 Å². The molecule has 10 heteroatoms. The van der Waals surface area contributed by atoms with E-state index in [-0.39, 0.29) is 13.2 Å². The number of hydrogen-bond donors (Lipinski definition) is 4. The molecule has 0 unspecified atom stereocenters. The molecule has 0 spiro atoms. The van der Waals surface area contributed by atoms with Crippen molar-refractivity contribution < 1.29 is 19.1 Å². The standard InChI is InChI=1S/C8H16N6O4/c1-3-17-7(15)13(5(9)10)14(6(11)12)8(16)18-4-2/h3-4H2,1-2H3,(H3,9,10)(H3,11,12). The highest BCUT2D eigenvalue weighted by Gasteiger charge is 2.33. The molecule has 0 aromatic rings. The van der Waals surface area contributed by atoms with Crippen LogP contribution in [-0.2, 0) is 9.47 Å². The summed E-state index contributed by atoms with van der Waals surface area (Å²) >= 11 is 0. The summed E-state index contributed by atoms with van der Waals surface area (Å²) in [5.41, 5.74) is 10.3. The van der Waals surface area contributed by atoms with Crippen LogP contribution >= 0.6 is 0 Å². The minimum atomic E-state index is -1.12. The van der Waals surface area contributed by atoms with Gasteiger partial charge in [-0.25, -0.2) is 9.59 Å². The molecule has 0 aliphatic carbocycles. The predicted molar refractivity (Wildman–Crippen MR) is 61.6 cm³/mol. The van der Waals surface area contributed by atoms with Gasteiger partial charge in [0.05, 0.1) is 13.2 Å². The Morgan fingerprint density at radius 1 is 0.944 bits per heavy atom. The van der Waals surface area contributed by atoms with Gasteiger partial charge in [-0.05, 0) is 13.8 Å². The monoisotopic (exact) mass is 260 g/mol. The second-order valence-corrected chi connectivity index (χ2v) is 2.79. The highest BCUT2D eigenvalue weighted by Crippen LogP contribution is 2.03. The molecular weight excluding hydrogens is 244 g/mol. The van der Waals surface area contributed by atoms with Crippen molar-refractivity contribution >= 4 is 24.1 Å². The lowest BCUT2D eigenvalue weighted by Crippen LogP contribution is -2.59. The number of amides is 2. The zero-order chi connectivity index (χ0) is 14.3. The van der Waals surface area contributed by atoms with E-state index in [0.29, 0.717) is 10.0 Å². The first-order chi connectivity index (χ1) is 8.36. The van der Waals surface area contributed by atoms with Crippen molar-refractivity contribution in [2.75, 3.05) is 13.2 Å². The van der Waals surface area contributed by atoms with Crippen LogP contribution in [0.1, 0.15) is 13.8 Å². The van der Waals surface area contributed by atoms with Gasteiger partial charge in [-0.3, -0.25) is 10.8 Å². The Kier molecular flexibility index (Phi) is 5.96. The average Bonchev–Trinajstić information content (AvgIpc) is 2.24. The molecule has 0 atom stereocenters. The summed E-state index contributed by atoms with van der Waals surface area (Å²) in [5, 5.41) is 15.0. The second-order valence-electron chi connectivity index (χ2n) is 2.79. The summed E-state index contributed by atoms with van der Waals surface area (Å²) in [6.45, 7) is 3.05. The lowest BCUT2D eigenvalue weighted by molar-refractivity contribution is 0.0506. The van der Waals surface area contributed by atoms with E-state index >= 15 is 0 Å². The van der Waals surface area contributed by atoms with Crippen LogP contribution < -0.4 is 11.5 Å². The van der Waals surface area contributed by atoms with Crippen LogP contribution in [0.5, 0.6) is 0 Å². The molecule has 0 heterocycles. The van der Waals surface area contributed by atoms with Crippen molar-refractivity contribution in [2.24, 2.45) is 11.5 Å². The average molecular weight is 260 g/mol. The molecular formula is C8H16N6O4. The van der Waals surface area contributed by atoms with Gasteiger partial charge >= 0.3 is 12.2 Å². The van der Waals surface area contributed by atoms with Gasteiger partial charge < -0.3 is 20.9 Å². The largest absolute Gasteiger partial charge is 0.448 e. The van der Waals surface area contributed by atoms with Crippen molar-refractivity contribution in [2.45, 2.75) is 13.8 Å². The van der Waals surface area contributed by atoms with E-state index in [1.54, 1.807) is 0 Å². The van der Waals surface area contributed by atoms with E-state index < -0.39 is 24.1 Å². The third-order valence-electron chi connectivity index (χ3n) is 1.54. The Labute approximate surface area is 103 Å². The molecule has 0 saturated carbocycles. The molecule has 18 heavy (non-hydrogen) atoms. The van der Waals surface area contributed by atoms with E-state index in [2.05, 4.69) is 9.47 Å². The Hall–Kier alpha value is -2.52. The van der Waals surface area contributed by atoms with Crippen molar-refractivity contribution in [3.05, 3.63) is 0 Å². The van der Waals surface area contributed by atoms with Gasteiger partial charge in [-0.15, -0.1) is 10.0 Å². The Bertz CT molecular complexity index is 323. The first-order valence-electron chi connectivity index (χ1n) is 4.98. The zero-order valence-electron chi connectivity index (χ0n) is 10.1. The maximum Gasteiger partial charge on any atom is 0.436 e. The fourth-order valence-corrected chi connectivity index (χ4v) is 0.945. The Balaban J connectivity index is 5.24. The SMILES string of the molecule is CCOC(=O)N(C(=N)N)N(C(=N)N)C(=O)OCC. The summed E-state index contributed by atoms with van der Waals surface area (Å²) in [6, 6.07) is 0. The lowest BCUT2D eigenvalue weighted by Gasteiger charge is -2.29. The number of hydrazine groups is 1. The second kappa shape index (κ2) is 6.93. The molecule has 0 aromatic heterocycles. The quantitative estimate of drug-likeness (QED) is 0.300. The fourth-order valence-electron chi connectivity index (χ4n) is 0.945. The van der Waals surface area contributed by atoms with E-state index in [9.17, 15) is 9.59 Å². The third-order valence-corrected chi connectivity index (χ3v) is 1.54. The van der Waals surface area contributed by atoms with Gasteiger partial charge in [0.2, 0.25) is 11.9 Å². The van der Waals surface area contributed by atoms with Crippen molar-refractivity contribution in [3.63, 3.8) is 0 Å². The van der Waals surface area contributed by atoms with Gasteiger partial charge in [0, 0.05) is 0 Å². The normalized spacial score (nSPS) is 9.22. The Morgan fingerprint density at radius 2 is 1.22 bits per heavy atom. The molecule has 2 amide bonds. The topological polar surface area (TPSA) is 159 Å². The molecule has 10 nitrogen and oxygen atoms in total. The molecule has 0 aromatic carbocycles. The molecule has 102 valence electrons. The summed E-state index contributed by atoms with van der Waals surface area (Å²) in [7, 11) is 0. The molecule has 0 aliphatic heterocycles. The highest BCUT2D eigenvalue weighted by atomic mass is 16.6. The molecule has 6 N–H and O–H groups in total. The Morgan fingerprint density at radius 3 is 1.39 bits per heavy atom. The smallest absolute Gasteiger partial charge is 0.436 e. The molecule has 0 aliphatic rings. The molecule has 0 rings (SSSR count). The first kappa shape index (κ1) is 15.5. The van der Waals surface area contributed by atoms with Gasteiger partial charge in [-0.1, -0.05) is 0 Å². The fraction of sp³-hybridized carbons (Fsp3) is 0.500. The van der Waals surface area contributed by atoms with Crippen LogP contribution in [0.15, 0.2) is 0 Å². The van der Waals surface area contributed by atoms with E-state index in [1.165, 1.54) is 13.8 Å². The highest BCUT2D eigenvalue weighted by molar-refractivity contribution is 6.00. The van der Waals surface area contributed by atoms with Crippen LogP contribution in [-0.4, -0.2) is 47.3 Å². The predicted octanol–water partition coefficient (Wildman–Crippen LogP) is -0.395.